The second kappa shape index (κ2) is 5.92. The van der Waals surface area contributed by atoms with Crippen molar-refractivity contribution in [2.45, 2.75) is 13.3 Å². The van der Waals surface area contributed by atoms with Crippen LogP contribution in [0, 0.1) is 10.1 Å². The summed E-state index contributed by atoms with van der Waals surface area (Å²) in [5.74, 6) is -0.367. The average molecular weight is 310 g/mol. The Kier molecular flexibility index (Phi) is 3.80. The lowest BCUT2D eigenvalue weighted by Gasteiger charge is -2.04. The smallest absolute Gasteiger partial charge is 0.400 e. The molecule has 0 saturated heterocycles. The summed E-state index contributed by atoms with van der Waals surface area (Å²) in [6, 6.07) is 14.0. The van der Waals surface area contributed by atoms with Crippen molar-refractivity contribution in [3.05, 3.63) is 58.6 Å². The number of hydrogen-bond acceptors (Lipinski definition) is 4. The van der Waals surface area contributed by atoms with Crippen LogP contribution in [0.3, 0.4) is 0 Å². The summed E-state index contributed by atoms with van der Waals surface area (Å²) in [5, 5.41) is 14.7. The van der Waals surface area contributed by atoms with Gasteiger partial charge in [0.1, 0.15) is 16.1 Å². The van der Waals surface area contributed by atoms with E-state index in [0.717, 1.165) is 0 Å². The maximum Gasteiger partial charge on any atom is 0.442 e. The molecule has 0 fully saturated rings. The van der Waals surface area contributed by atoms with Gasteiger partial charge in [0.25, 0.3) is 0 Å². The molecule has 2 aromatic carbocycles. The van der Waals surface area contributed by atoms with Crippen LogP contribution >= 0.6 is 0 Å². The van der Waals surface area contributed by atoms with E-state index in [-0.39, 0.29) is 11.8 Å². The number of anilines is 1. The molecule has 1 amide bonds. The number of rotatable bonds is 4. The van der Waals surface area contributed by atoms with E-state index >= 15 is 0 Å². The molecule has 0 aliphatic rings. The first-order valence-corrected chi connectivity index (χ1v) is 7.16. The molecule has 1 N–H and O–H groups in total. The predicted molar refractivity (Wildman–Crippen MR) is 87.2 cm³/mol. The third kappa shape index (κ3) is 2.78. The van der Waals surface area contributed by atoms with Gasteiger partial charge in [-0.1, -0.05) is 37.3 Å². The molecule has 0 unspecified atom stereocenters. The van der Waals surface area contributed by atoms with Crippen molar-refractivity contribution in [2.75, 3.05) is 5.32 Å². The maximum absolute atomic E-state index is 11.4. The number of nitro groups is 1. The van der Waals surface area contributed by atoms with Crippen molar-refractivity contribution < 1.29 is 14.1 Å². The van der Waals surface area contributed by atoms with Crippen molar-refractivity contribution in [3.8, 4) is 11.1 Å². The summed E-state index contributed by atoms with van der Waals surface area (Å²) in [7, 11) is 0. The Balaban J connectivity index is 2.07. The Hall–Kier alpha value is -3.15. The molecule has 1 heterocycles. The topological polar surface area (TPSA) is 85.4 Å². The molecule has 6 heteroatoms. The zero-order chi connectivity index (χ0) is 16.4. The summed E-state index contributed by atoms with van der Waals surface area (Å²) in [4.78, 5) is 22.1. The lowest BCUT2D eigenvalue weighted by Crippen LogP contribution is -2.09. The number of carbonyl (C=O) groups excluding carboxylic acids is 1. The highest BCUT2D eigenvalue weighted by Crippen LogP contribution is 2.39. The molecule has 3 rings (SSSR count). The van der Waals surface area contributed by atoms with Crippen molar-refractivity contribution in [2.24, 2.45) is 0 Å². The molecular weight excluding hydrogens is 296 g/mol. The van der Waals surface area contributed by atoms with Gasteiger partial charge in [-0.25, -0.2) is 0 Å². The number of para-hydroxylation sites is 1. The number of hydrogen-bond donors (Lipinski definition) is 1. The molecular formula is C17H14N2O4. The van der Waals surface area contributed by atoms with Crippen molar-refractivity contribution in [1.82, 2.24) is 0 Å². The third-order valence-corrected chi connectivity index (χ3v) is 3.52. The number of amides is 1. The minimum atomic E-state index is -0.526. The van der Waals surface area contributed by atoms with Gasteiger partial charge in [-0.3, -0.25) is 14.9 Å². The first-order chi connectivity index (χ1) is 11.1. The Morgan fingerprint density at radius 2 is 1.87 bits per heavy atom. The Morgan fingerprint density at radius 3 is 2.52 bits per heavy atom. The van der Waals surface area contributed by atoms with Crippen molar-refractivity contribution in [3.63, 3.8) is 0 Å². The van der Waals surface area contributed by atoms with Crippen LogP contribution in [0.1, 0.15) is 13.3 Å². The first-order valence-electron chi connectivity index (χ1n) is 7.16. The molecule has 0 saturated carbocycles. The Bertz CT molecular complexity index is 881. The Morgan fingerprint density at radius 1 is 1.17 bits per heavy atom. The lowest BCUT2D eigenvalue weighted by atomic mass is 10.0. The van der Waals surface area contributed by atoms with Gasteiger partial charge in [-0.05, 0) is 23.8 Å². The fourth-order valence-corrected chi connectivity index (χ4v) is 2.41. The van der Waals surface area contributed by atoms with Crippen LogP contribution in [0.5, 0.6) is 0 Å². The molecule has 0 spiro atoms. The highest BCUT2D eigenvalue weighted by molar-refractivity contribution is 5.99. The molecule has 3 aromatic rings. The van der Waals surface area contributed by atoms with E-state index < -0.39 is 4.92 Å². The summed E-state index contributed by atoms with van der Waals surface area (Å²) < 4.78 is 5.36. The maximum atomic E-state index is 11.4. The molecule has 0 aliphatic carbocycles. The van der Waals surface area contributed by atoms with Crippen LogP contribution < -0.4 is 5.32 Å². The van der Waals surface area contributed by atoms with Crippen LogP contribution in [0.15, 0.2) is 52.9 Å². The van der Waals surface area contributed by atoms with Crippen molar-refractivity contribution >= 4 is 28.4 Å². The number of nitrogens with one attached hydrogen (secondary N) is 1. The van der Waals surface area contributed by atoms with E-state index in [2.05, 4.69) is 5.32 Å². The molecule has 6 nitrogen and oxygen atoms in total. The van der Waals surface area contributed by atoms with Gasteiger partial charge in [-0.2, -0.15) is 0 Å². The molecule has 0 radical (unpaired) electrons. The van der Waals surface area contributed by atoms with Crippen LogP contribution in [0.4, 0.5) is 11.6 Å². The second-order valence-electron chi connectivity index (χ2n) is 5.01. The first kappa shape index (κ1) is 14.8. The van der Waals surface area contributed by atoms with Crippen molar-refractivity contribution in [1.29, 1.82) is 0 Å². The van der Waals surface area contributed by atoms with Crippen LogP contribution in [-0.4, -0.2) is 10.8 Å². The number of benzene rings is 2. The minimum Gasteiger partial charge on any atom is -0.400 e. The average Bonchev–Trinajstić information content (AvgIpc) is 2.95. The van der Waals surface area contributed by atoms with Crippen LogP contribution in [0.2, 0.25) is 0 Å². The number of nitrogens with zero attached hydrogens (tertiary/aromatic N) is 1. The number of fused-ring (bicyclic) bond motifs is 1. The molecule has 116 valence electrons. The van der Waals surface area contributed by atoms with Gasteiger partial charge in [0.05, 0.1) is 0 Å². The second-order valence-corrected chi connectivity index (χ2v) is 5.01. The van der Waals surface area contributed by atoms with Gasteiger partial charge < -0.3 is 9.73 Å². The highest BCUT2D eigenvalue weighted by Gasteiger charge is 2.24. The summed E-state index contributed by atoms with van der Waals surface area (Å²) in [6.07, 6.45) is 0.388. The summed E-state index contributed by atoms with van der Waals surface area (Å²) in [5.41, 5.74) is 2.23. The normalized spacial score (nSPS) is 10.7. The van der Waals surface area contributed by atoms with Crippen LogP contribution in [-0.2, 0) is 4.79 Å². The third-order valence-electron chi connectivity index (χ3n) is 3.52. The lowest BCUT2D eigenvalue weighted by molar-refractivity contribution is -0.400. The van der Waals surface area contributed by atoms with Gasteiger partial charge in [0.15, 0.2) is 0 Å². The fraction of sp³-hybridized carbons (Fsp3) is 0.118. The monoisotopic (exact) mass is 310 g/mol. The highest BCUT2D eigenvalue weighted by atomic mass is 16.6. The molecule has 0 atom stereocenters. The van der Waals surface area contributed by atoms with Gasteiger partial charge in [0, 0.05) is 17.5 Å². The number of carbonyl (C=O) groups is 1. The van der Waals surface area contributed by atoms with Gasteiger partial charge >= 0.3 is 5.88 Å². The zero-order valence-corrected chi connectivity index (χ0v) is 12.4. The van der Waals surface area contributed by atoms with Gasteiger partial charge in [-0.15, -0.1) is 0 Å². The van der Waals surface area contributed by atoms with Crippen LogP contribution in [0.25, 0.3) is 22.1 Å². The van der Waals surface area contributed by atoms with Gasteiger partial charge in [0.2, 0.25) is 5.91 Å². The number of furan rings is 1. The van der Waals surface area contributed by atoms with E-state index in [1.54, 1.807) is 55.5 Å². The molecule has 1 aromatic heterocycles. The zero-order valence-electron chi connectivity index (χ0n) is 12.4. The minimum absolute atomic E-state index is 0.0857. The van der Waals surface area contributed by atoms with E-state index in [9.17, 15) is 14.9 Å². The standard InChI is InChI=1S/C17H14N2O4/c1-2-15(20)18-12-9-7-11(8-10-12)16-13-5-3-4-6-14(13)23-17(16)19(21)22/h3-10H,2H2,1H3,(H,18,20). The van der Waals surface area contributed by atoms with E-state index in [0.29, 0.717) is 34.2 Å². The quantitative estimate of drug-likeness (QED) is 0.573. The largest absolute Gasteiger partial charge is 0.442 e. The molecule has 0 bridgehead atoms. The van der Waals surface area contributed by atoms with E-state index in [1.165, 1.54) is 0 Å². The predicted octanol–water partition coefficient (Wildman–Crippen LogP) is 4.36. The van der Waals surface area contributed by atoms with E-state index in [4.69, 9.17) is 4.42 Å². The summed E-state index contributed by atoms with van der Waals surface area (Å²) in [6.45, 7) is 1.77. The Labute approximate surface area is 131 Å². The molecule has 0 aliphatic heterocycles. The summed E-state index contributed by atoms with van der Waals surface area (Å²) >= 11 is 0. The fourth-order valence-electron chi connectivity index (χ4n) is 2.41. The SMILES string of the molecule is CCC(=O)Nc1ccc(-c2c([N+](=O)[O-])oc3ccccc23)cc1. The molecule has 23 heavy (non-hydrogen) atoms. The van der Waals surface area contributed by atoms with E-state index in [1.807, 2.05) is 0 Å².